The largest absolute Gasteiger partial charge is 0.573 e. The van der Waals surface area contributed by atoms with Crippen molar-refractivity contribution in [3.05, 3.63) is 61.3 Å². The number of alkyl halides is 3. The molecule has 0 atom stereocenters. The lowest BCUT2D eigenvalue weighted by Crippen LogP contribution is -2.29. The third-order valence-electron chi connectivity index (χ3n) is 5.70. The minimum atomic E-state index is -4.99. The van der Waals surface area contributed by atoms with Crippen LogP contribution in [0.2, 0.25) is 0 Å². The van der Waals surface area contributed by atoms with E-state index in [0.29, 0.717) is 35.6 Å². The van der Waals surface area contributed by atoms with Crippen LogP contribution >= 0.6 is 7.14 Å². The van der Waals surface area contributed by atoms with Crippen LogP contribution in [0.3, 0.4) is 0 Å². The molecule has 0 spiro atoms. The zero-order valence-corrected chi connectivity index (χ0v) is 24.3. The molecule has 0 aliphatic rings. The molecule has 1 aromatic heterocycles. The maximum Gasteiger partial charge on any atom is 0.573 e. The van der Waals surface area contributed by atoms with Gasteiger partial charge in [-0.3, -0.25) is 4.79 Å². The number of aromatic nitrogens is 2. The fraction of sp³-hybridized carbons (Fsp3) is 0.296. The van der Waals surface area contributed by atoms with E-state index in [4.69, 9.17) is 0 Å². The lowest BCUT2D eigenvalue weighted by Gasteiger charge is -2.26. The van der Waals surface area contributed by atoms with E-state index in [1.165, 1.54) is 18.3 Å². The first-order chi connectivity index (χ1) is 19.1. The van der Waals surface area contributed by atoms with Gasteiger partial charge in [-0.05, 0) is 57.8 Å². The molecular formula is C27H33F3N7O3P. The molecule has 0 fully saturated rings. The summed E-state index contributed by atoms with van der Waals surface area (Å²) >= 11 is 0. The molecule has 3 rings (SSSR count). The first-order valence-electron chi connectivity index (χ1n) is 12.4. The fourth-order valence-electron chi connectivity index (χ4n) is 3.62. The molecule has 0 aliphatic heterocycles. The van der Waals surface area contributed by atoms with E-state index in [0.717, 1.165) is 6.08 Å². The second-order valence-electron chi connectivity index (χ2n) is 9.75. The Hall–Kier alpha value is -4.09. The third-order valence-corrected chi connectivity index (χ3v) is 7.22. The van der Waals surface area contributed by atoms with Crippen molar-refractivity contribution >= 4 is 52.9 Å². The molecule has 3 aromatic rings. The number of anilines is 6. The first kappa shape index (κ1) is 31.4. The Balaban J connectivity index is 2.00. The van der Waals surface area contributed by atoms with Crippen LogP contribution in [-0.2, 0) is 9.36 Å². The number of nitrogens with zero attached hydrogens (tertiary/aromatic N) is 4. The zero-order chi connectivity index (χ0) is 30.4. The van der Waals surface area contributed by atoms with E-state index in [1.54, 1.807) is 55.6 Å². The van der Waals surface area contributed by atoms with Crippen molar-refractivity contribution in [2.75, 3.05) is 68.4 Å². The molecule has 41 heavy (non-hydrogen) atoms. The maximum atomic E-state index is 13.4. The second-order valence-corrected chi connectivity index (χ2v) is 13.0. The highest BCUT2D eigenvalue weighted by molar-refractivity contribution is 7.70. The van der Waals surface area contributed by atoms with Crippen LogP contribution in [0.5, 0.6) is 5.75 Å². The molecule has 0 aliphatic carbocycles. The fourth-order valence-corrected chi connectivity index (χ4v) is 4.52. The summed E-state index contributed by atoms with van der Waals surface area (Å²) in [5.74, 6) is -0.794. The number of carbonyl (C=O) groups excluding carboxylic acids is 1. The third kappa shape index (κ3) is 9.51. The van der Waals surface area contributed by atoms with Gasteiger partial charge in [-0.1, -0.05) is 18.7 Å². The number of rotatable bonds is 12. The topological polar surface area (TPSA) is 112 Å². The summed E-state index contributed by atoms with van der Waals surface area (Å²) in [4.78, 5) is 24.3. The number of amides is 1. The Morgan fingerprint density at radius 2 is 1.80 bits per heavy atom. The van der Waals surface area contributed by atoms with E-state index in [9.17, 15) is 22.5 Å². The molecule has 1 amide bonds. The Morgan fingerprint density at radius 1 is 1.07 bits per heavy atom. The molecule has 0 saturated carbocycles. The van der Waals surface area contributed by atoms with Crippen molar-refractivity contribution in [1.29, 1.82) is 0 Å². The average molecular weight is 592 g/mol. The summed E-state index contributed by atoms with van der Waals surface area (Å²) in [5.41, 5.74) is 1.01. The molecule has 14 heteroatoms. The van der Waals surface area contributed by atoms with Crippen molar-refractivity contribution in [1.82, 2.24) is 14.9 Å². The number of ether oxygens (including phenoxy) is 1. The summed E-state index contributed by atoms with van der Waals surface area (Å²) in [6.07, 6.45) is -2.52. The highest BCUT2D eigenvalue weighted by Crippen LogP contribution is 2.40. The molecule has 0 radical (unpaired) electrons. The van der Waals surface area contributed by atoms with Gasteiger partial charge < -0.3 is 35.1 Å². The van der Waals surface area contributed by atoms with Crippen LogP contribution in [-0.4, -0.2) is 74.7 Å². The molecule has 10 nitrogen and oxygen atoms in total. The van der Waals surface area contributed by atoms with Gasteiger partial charge in [-0.2, -0.15) is 4.98 Å². The van der Waals surface area contributed by atoms with Crippen molar-refractivity contribution in [2.24, 2.45) is 0 Å². The smallest absolute Gasteiger partial charge is 0.403 e. The Bertz CT molecular complexity index is 1440. The van der Waals surface area contributed by atoms with E-state index in [1.807, 2.05) is 19.0 Å². The normalized spacial score (nSPS) is 11.6. The summed E-state index contributed by atoms with van der Waals surface area (Å²) in [6, 6.07) is 11.1. The van der Waals surface area contributed by atoms with Gasteiger partial charge in [0, 0.05) is 43.4 Å². The predicted octanol–water partition coefficient (Wildman–Crippen LogP) is 5.23. The quantitative estimate of drug-likeness (QED) is 0.193. The highest BCUT2D eigenvalue weighted by Gasteiger charge is 2.33. The van der Waals surface area contributed by atoms with Gasteiger partial charge in [0.2, 0.25) is 11.9 Å². The van der Waals surface area contributed by atoms with Crippen LogP contribution in [0.25, 0.3) is 0 Å². The molecule has 0 bridgehead atoms. The summed E-state index contributed by atoms with van der Waals surface area (Å²) in [7, 11) is 2.92. The first-order valence-corrected chi connectivity index (χ1v) is 15.0. The number of halogens is 3. The van der Waals surface area contributed by atoms with Gasteiger partial charge in [0.1, 0.15) is 13.0 Å². The monoisotopic (exact) mass is 591 g/mol. The predicted molar refractivity (Wildman–Crippen MR) is 158 cm³/mol. The molecule has 0 unspecified atom stereocenters. The maximum absolute atomic E-state index is 13.4. The molecule has 220 valence electrons. The second kappa shape index (κ2) is 13.0. The summed E-state index contributed by atoms with van der Waals surface area (Å²) in [5, 5.41) is 9.17. The van der Waals surface area contributed by atoms with Gasteiger partial charge in [0.05, 0.1) is 17.1 Å². The van der Waals surface area contributed by atoms with Gasteiger partial charge >= 0.3 is 6.36 Å². The van der Waals surface area contributed by atoms with Gasteiger partial charge in [-0.15, -0.1) is 13.2 Å². The van der Waals surface area contributed by atoms with Crippen LogP contribution < -0.4 is 30.9 Å². The standard InChI is InChI=1S/C27H33F3N7O3P/c1-7-25(38)33-20-16-21(23(40-27(28,29)30)17-22(20)37(4)14-13-36(2)3)34-26-31-12-11-24(35-26)32-18-9-8-10-19(15-18)41(5,6)39/h7-12,15-17H,1,13-14H2,2-6H3,(H,33,38)(H2,31,32,34,35). The Morgan fingerprint density at radius 3 is 2.44 bits per heavy atom. The van der Waals surface area contributed by atoms with Crippen molar-refractivity contribution < 1.29 is 27.3 Å². The number of benzene rings is 2. The van der Waals surface area contributed by atoms with Crippen LogP contribution in [0, 0.1) is 0 Å². The van der Waals surface area contributed by atoms with Crippen LogP contribution in [0.4, 0.5) is 47.7 Å². The van der Waals surface area contributed by atoms with E-state index in [-0.39, 0.29) is 17.3 Å². The molecule has 0 saturated heterocycles. The van der Waals surface area contributed by atoms with Gasteiger partial charge in [0.25, 0.3) is 0 Å². The Kier molecular flexibility index (Phi) is 10.0. The lowest BCUT2D eigenvalue weighted by atomic mass is 10.2. The van der Waals surface area contributed by atoms with E-state index in [2.05, 4.69) is 37.2 Å². The van der Waals surface area contributed by atoms with E-state index < -0.39 is 25.2 Å². The minimum Gasteiger partial charge on any atom is -0.403 e. The van der Waals surface area contributed by atoms with Crippen molar-refractivity contribution in [2.45, 2.75) is 6.36 Å². The van der Waals surface area contributed by atoms with Gasteiger partial charge in [-0.25, -0.2) is 4.98 Å². The molecular weight excluding hydrogens is 558 g/mol. The average Bonchev–Trinajstić information content (AvgIpc) is 2.87. The number of hydrogen-bond acceptors (Lipinski definition) is 9. The number of hydrogen-bond donors (Lipinski definition) is 3. The molecule has 3 N–H and O–H groups in total. The van der Waals surface area contributed by atoms with E-state index >= 15 is 0 Å². The van der Waals surface area contributed by atoms with Crippen molar-refractivity contribution in [3.8, 4) is 5.75 Å². The van der Waals surface area contributed by atoms with Crippen molar-refractivity contribution in [3.63, 3.8) is 0 Å². The number of carbonyl (C=O) groups is 1. The van der Waals surface area contributed by atoms with Crippen LogP contribution in [0.15, 0.2) is 61.3 Å². The van der Waals surface area contributed by atoms with Gasteiger partial charge in [0.15, 0.2) is 5.75 Å². The number of likely N-dealkylation sites (N-methyl/N-ethyl adjacent to an activating group) is 2. The molecule has 1 heterocycles. The molecule has 2 aromatic carbocycles. The lowest BCUT2D eigenvalue weighted by molar-refractivity contribution is -0.274. The van der Waals surface area contributed by atoms with Crippen LogP contribution in [0.1, 0.15) is 0 Å². The Labute approximate surface area is 237 Å². The summed E-state index contributed by atoms with van der Waals surface area (Å²) < 4.78 is 57.1. The summed E-state index contributed by atoms with van der Waals surface area (Å²) in [6.45, 7) is 7.82. The zero-order valence-electron chi connectivity index (χ0n) is 23.4. The SMILES string of the molecule is C=CC(=O)Nc1cc(Nc2nccc(Nc3cccc(P(C)(C)=O)c3)n2)c(OC(F)(F)F)cc1N(C)CCN(C)C. The minimum absolute atomic E-state index is 0.0375. The number of nitrogens with one attached hydrogen (secondary N) is 3. The highest BCUT2D eigenvalue weighted by atomic mass is 31.2.